The van der Waals surface area contributed by atoms with Crippen LogP contribution in [0.1, 0.15) is 12.5 Å². The van der Waals surface area contributed by atoms with Crippen LogP contribution >= 0.6 is 10.7 Å². The monoisotopic (exact) mass is 236 g/mol. The van der Waals surface area contributed by atoms with Crippen molar-refractivity contribution in [2.75, 3.05) is 13.2 Å². The first kappa shape index (κ1) is 9.95. The first-order valence-corrected chi connectivity index (χ1v) is 6.45. The second-order valence-electron chi connectivity index (χ2n) is 3.07. The molecule has 1 aliphatic rings. The lowest BCUT2D eigenvalue weighted by molar-refractivity contribution is 0.185. The molecule has 1 unspecified atom stereocenters. The Hall–Kier alpha value is -0.590. The fraction of sp³-hybridized carbons (Fsp3) is 0.571. The van der Waals surface area contributed by atoms with Crippen molar-refractivity contribution in [3.63, 3.8) is 0 Å². The largest absolute Gasteiger partial charge is 0.379 e. The molecule has 0 saturated carbocycles. The standard InChI is InChI=1S/C7H9ClN2O3S/c8-14(11,12)7-9-2-3-10(7)6-1-4-13-5-6/h2-3,6H,1,4-5H2. The molecule has 0 N–H and O–H groups in total. The summed E-state index contributed by atoms with van der Waals surface area (Å²) in [6.45, 7) is 1.15. The van der Waals surface area contributed by atoms with E-state index in [4.69, 9.17) is 15.4 Å². The number of nitrogens with zero attached hydrogens (tertiary/aromatic N) is 2. The van der Waals surface area contributed by atoms with Crippen LogP contribution in [0.15, 0.2) is 17.6 Å². The normalized spacial score (nSPS) is 22.8. The summed E-state index contributed by atoms with van der Waals surface area (Å²) in [6, 6.07) is 0.0287. The summed E-state index contributed by atoms with van der Waals surface area (Å²) < 4.78 is 28.9. The predicted octanol–water partition coefficient (Wildman–Crippen LogP) is 0.772. The van der Waals surface area contributed by atoms with Gasteiger partial charge in [-0.3, -0.25) is 0 Å². The molecule has 1 aromatic heterocycles. The molecular weight excluding hydrogens is 228 g/mol. The van der Waals surface area contributed by atoms with E-state index in [9.17, 15) is 8.42 Å². The van der Waals surface area contributed by atoms with Crippen LogP contribution < -0.4 is 0 Å². The molecule has 0 bridgehead atoms. The Morgan fingerprint density at radius 1 is 1.64 bits per heavy atom. The lowest BCUT2D eigenvalue weighted by Gasteiger charge is -2.10. The Morgan fingerprint density at radius 3 is 3.00 bits per heavy atom. The number of aromatic nitrogens is 2. The first-order valence-electron chi connectivity index (χ1n) is 4.14. The van der Waals surface area contributed by atoms with Gasteiger partial charge in [-0.2, -0.15) is 0 Å². The molecule has 2 heterocycles. The Labute approximate surface area is 86.1 Å². The van der Waals surface area contributed by atoms with Gasteiger partial charge in [0.25, 0.3) is 9.05 Å². The molecule has 14 heavy (non-hydrogen) atoms. The van der Waals surface area contributed by atoms with Gasteiger partial charge in [0.15, 0.2) is 0 Å². The van der Waals surface area contributed by atoms with E-state index < -0.39 is 9.05 Å². The van der Waals surface area contributed by atoms with Crippen molar-refractivity contribution in [1.82, 2.24) is 9.55 Å². The fourth-order valence-corrected chi connectivity index (χ4v) is 2.51. The van der Waals surface area contributed by atoms with Crippen molar-refractivity contribution in [3.8, 4) is 0 Å². The number of ether oxygens (including phenoxy) is 1. The molecule has 2 rings (SSSR count). The number of rotatable bonds is 2. The molecule has 1 aromatic rings. The summed E-state index contributed by atoms with van der Waals surface area (Å²) in [5.74, 6) is 0. The summed E-state index contributed by atoms with van der Waals surface area (Å²) in [4.78, 5) is 3.72. The molecule has 0 aliphatic carbocycles. The SMILES string of the molecule is O=S(=O)(Cl)c1nccn1C1CCOC1. The number of halogens is 1. The van der Waals surface area contributed by atoms with Gasteiger partial charge in [0.2, 0.25) is 5.16 Å². The topological polar surface area (TPSA) is 61.2 Å². The van der Waals surface area contributed by atoms with Crippen LogP contribution in [0.2, 0.25) is 0 Å². The molecular formula is C7H9ClN2O3S. The highest BCUT2D eigenvalue weighted by molar-refractivity contribution is 8.13. The summed E-state index contributed by atoms with van der Waals surface area (Å²) >= 11 is 0. The van der Waals surface area contributed by atoms with E-state index in [1.165, 1.54) is 6.20 Å². The molecule has 0 spiro atoms. The van der Waals surface area contributed by atoms with Crippen molar-refractivity contribution in [2.24, 2.45) is 0 Å². The molecule has 78 valence electrons. The van der Waals surface area contributed by atoms with E-state index in [-0.39, 0.29) is 11.2 Å². The van der Waals surface area contributed by atoms with Gasteiger partial charge in [-0.25, -0.2) is 13.4 Å². The van der Waals surface area contributed by atoms with Gasteiger partial charge in [-0.1, -0.05) is 0 Å². The summed E-state index contributed by atoms with van der Waals surface area (Å²) in [5, 5.41) is -0.102. The van der Waals surface area contributed by atoms with Crippen LogP contribution in [0.5, 0.6) is 0 Å². The van der Waals surface area contributed by atoms with E-state index in [0.29, 0.717) is 13.2 Å². The van der Waals surface area contributed by atoms with Gasteiger partial charge >= 0.3 is 0 Å². The van der Waals surface area contributed by atoms with Gasteiger partial charge in [-0.05, 0) is 6.42 Å². The summed E-state index contributed by atoms with van der Waals surface area (Å²) in [6.07, 6.45) is 3.82. The molecule has 1 aliphatic heterocycles. The number of hydrogen-bond donors (Lipinski definition) is 0. The van der Waals surface area contributed by atoms with Gasteiger partial charge in [0.1, 0.15) is 0 Å². The highest BCUT2D eigenvalue weighted by atomic mass is 35.7. The van der Waals surface area contributed by atoms with E-state index >= 15 is 0 Å². The van der Waals surface area contributed by atoms with Gasteiger partial charge in [0.05, 0.1) is 12.6 Å². The summed E-state index contributed by atoms with van der Waals surface area (Å²) in [7, 11) is 1.47. The molecule has 0 radical (unpaired) electrons. The van der Waals surface area contributed by atoms with E-state index in [2.05, 4.69) is 4.98 Å². The molecule has 5 nitrogen and oxygen atoms in total. The minimum atomic E-state index is -3.76. The quantitative estimate of drug-likeness (QED) is 0.712. The smallest absolute Gasteiger partial charge is 0.295 e. The van der Waals surface area contributed by atoms with E-state index in [1.807, 2.05) is 0 Å². The minimum Gasteiger partial charge on any atom is -0.379 e. The van der Waals surface area contributed by atoms with Crippen molar-refractivity contribution in [1.29, 1.82) is 0 Å². The Morgan fingerprint density at radius 2 is 2.43 bits per heavy atom. The predicted molar refractivity (Wildman–Crippen MR) is 49.7 cm³/mol. The van der Waals surface area contributed by atoms with Crippen molar-refractivity contribution >= 4 is 19.7 Å². The maximum absolute atomic E-state index is 11.1. The third-order valence-corrected chi connectivity index (χ3v) is 3.32. The van der Waals surface area contributed by atoms with Gasteiger partial charge < -0.3 is 9.30 Å². The summed E-state index contributed by atoms with van der Waals surface area (Å²) in [5.41, 5.74) is 0. The number of hydrogen-bond acceptors (Lipinski definition) is 4. The van der Waals surface area contributed by atoms with E-state index in [0.717, 1.165) is 6.42 Å². The minimum absolute atomic E-state index is 0.0287. The van der Waals surface area contributed by atoms with Crippen LogP contribution in [-0.4, -0.2) is 31.2 Å². The molecule has 0 aromatic carbocycles. The highest BCUT2D eigenvalue weighted by Gasteiger charge is 2.25. The zero-order chi connectivity index (χ0) is 10.2. The third-order valence-electron chi connectivity index (χ3n) is 2.15. The fourth-order valence-electron chi connectivity index (χ4n) is 1.51. The van der Waals surface area contributed by atoms with Gasteiger partial charge in [-0.15, -0.1) is 0 Å². The maximum Gasteiger partial charge on any atom is 0.295 e. The lowest BCUT2D eigenvalue weighted by atomic mass is 10.3. The van der Waals surface area contributed by atoms with Crippen molar-refractivity contribution in [3.05, 3.63) is 12.4 Å². The zero-order valence-electron chi connectivity index (χ0n) is 7.26. The average Bonchev–Trinajstić information content (AvgIpc) is 2.73. The van der Waals surface area contributed by atoms with Crippen LogP contribution in [0.25, 0.3) is 0 Å². The zero-order valence-corrected chi connectivity index (χ0v) is 8.83. The third kappa shape index (κ3) is 1.77. The van der Waals surface area contributed by atoms with Crippen LogP contribution in [0, 0.1) is 0 Å². The van der Waals surface area contributed by atoms with Crippen LogP contribution in [0.4, 0.5) is 0 Å². The van der Waals surface area contributed by atoms with Crippen LogP contribution in [-0.2, 0) is 13.8 Å². The first-order chi connectivity index (χ1) is 6.59. The van der Waals surface area contributed by atoms with Crippen molar-refractivity contribution in [2.45, 2.75) is 17.6 Å². The second-order valence-corrected chi connectivity index (χ2v) is 5.53. The molecule has 0 amide bonds. The maximum atomic E-state index is 11.1. The molecule has 1 saturated heterocycles. The average molecular weight is 237 g/mol. The Bertz CT molecular complexity index is 422. The molecule has 1 fully saturated rings. The Kier molecular flexibility index (Phi) is 2.50. The van der Waals surface area contributed by atoms with Crippen LogP contribution in [0.3, 0.4) is 0 Å². The molecule has 7 heteroatoms. The van der Waals surface area contributed by atoms with Gasteiger partial charge in [0, 0.05) is 29.7 Å². The van der Waals surface area contributed by atoms with E-state index in [1.54, 1.807) is 10.8 Å². The van der Waals surface area contributed by atoms with Crippen molar-refractivity contribution < 1.29 is 13.2 Å². The number of imidazole rings is 1. The second kappa shape index (κ2) is 3.52. The lowest BCUT2D eigenvalue weighted by Crippen LogP contribution is -2.12. The highest BCUT2D eigenvalue weighted by Crippen LogP contribution is 2.23. The Balaban J connectivity index is 2.39. The molecule has 1 atom stereocenters.